The summed E-state index contributed by atoms with van der Waals surface area (Å²) in [4.78, 5) is 0. The number of fused-ring (bicyclic) bond motifs is 2. The normalized spacial score (nSPS) is 35.3. The van der Waals surface area contributed by atoms with Gasteiger partial charge >= 0.3 is 0 Å². The maximum absolute atomic E-state index is 3.95. The lowest BCUT2D eigenvalue weighted by molar-refractivity contribution is 0.349. The first-order chi connectivity index (χ1) is 6.92. The monoisotopic (exact) mass is 191 g/mol. The van der Waals surface area contributed by atoms with E-state index < -0.39 is 0 Å². The number of nitrogens with zero attached hydrogens (tertiary/aromatic N) is 1. The first-order valence-corrected chi connectivity index (χ1v) is 5.63. The van der Waals surface area contributed by atoms with Crippen molar-refractivity contribution in [2.24, 2.45) is 11.8 Å². The fourth-order valence-electron chi connectivity index (χ4n) is 3.12. The molecule has 14 heavy (non-hydrogen) atoms. The van der Waals surface area contributed by atoms with Crippen LogP contribution in [0.25, 0.3) is 0 Å². The predicted molar refractivity (Wildman–Crippen MR) is 54.7 cm³/mol. The van der Waals surface area contributed by atoms with Gasteiger partial charge in [-0.25, -0.2) is 0 Å². The summed E-state index contributed by atoms with van der Waals surface area (Å²) in [5.74, 6) is 1.99. The van der Waals surface area contributed by atoms with Gasteiger partial charge in [0.1, 0.15) is 0 Å². The average Bonchev–Trinajstić information content (AvgIpc) is 2.91. The quantitative estimate of drug-likeness (QED) is 0.763. The third-order valence-electron chi connectivity index (χ3n) is 3.85. The van der Waals surface area contributed by atoms with Crippen LogP contribution in [-0.4, -0.2) is 16.2 Å². The maximum Gasteiger partial charge on any atom is 0.0490 e. The molecule has 2 aliphatic carbocycles. The predicted octanol–water partition coefficient (Wildman–Crippen LogP) is 1.69. The maximum atomic E-state index is 3.95. The molecule has 3 atom stereocenters. The first kappa shape index (κ1) is 8.48. The summed E-state index contributed by atoms with van der Waals surface area (Å²) < 4.78 is 0. The van der Waals surface area contributed by atoms with E-state index in [1.165, 1.54) is 31.4 Å². The first-order valence-electron chi connectivity index (χ1n) is 5.63. The molecule has 1 aromatic rings. The van der Waals surface area contributed by atoms with Crippen LogP contribution >= 0.6 is 0 Å². The van der Waals surface area contributed by atoms with E-state index in [1.807, 2.05) is 12.3 Å². The van der Waals surface area contributed by atoms with E-state index in [0.717, 1.165) is 24.4 Å². The molecule has 2 bridgehead atoms. The van der Waals surface area contributed by atoms with Gasteiger partial charge in [-0.05, 0) is 37.2 Å². The van der Waals surface area contributed by atoms with E-state index in [4.69, 9.17) is 0 Å². The van der Waals surface area contributed by atoms with Crippen molar-refractivity contribution in [3.8, 4) is 0 Å². The van der Waals surface area contributed by atoms with Crippen LogP contribution in [0.2, 0.25) is 0 Å². The summed E-state index contributed by atoms with van der Waals surface area (Å²) in [6, 6.07) is 2.82. The van der Waals surface area contributed by atoms with Gasteiger partial charge in [-0.3, -0.25) is 5.10 Å². The highest BCUT2D eigenvalue weighted by Crippen LogP contribution is 2.44. The number of hydrogen-bond acceptors (Lipinski definition) is 2. The molecule has 2 N–H and O–H groups in total. The van der Waals surface area contributed by atoms with E-state index in [1.54, 1.807) is 0 Å². The van der Waals surface area contributed by atoms with Crippen molar-refractivity contribution in [1.82, 2.24) is 15.5 Å². The second-order valence-corrected chi connectivity index (χ2v) is 4.74. The van der Waals surface area contributed by atoms with Crippen molar-refractivity contribution < 1.29 is 0 Å². The zero-order valence-electron chi connectivity index (χ0n) is 8.37. The third kappa shape index (κ3) is 1.46. The Labute approximate surface area is 84.3 Å². The molecule has 0 amide bonds. The summed E-state index contributed by atoms with van der Waals surface area (Å²) in [7, 11) is 0. The zero-order valence-corrected chi connectivity index (χ0v) is 8.37. The molecule has 0 aliphatic heterocycles. The van der Waals surface area contributed by atoms with Gasteiger partial charge in [0, 0.05) is 24.5 Å². The number of hydrogen-bond donors (Lipinski definition) is 2. The van der Waals surface area contributed by atoms with Gasteiger partial charge in [-0.15, -0.1) is 0 Å². The van der Waals surface area contributed by atoms with E-state index >= 15 is 0 Å². The molecular weight excluding hydrogens is 174 g/mol. The zero-order chi connectivity index (χ0) is 9.38. The minimum atomic E-state index is 0.775. The van der Waals surface area contributed by atoms with Gasteiger partial charge in [0.05, 0.1) is 0 Å². The summed E-state index contributed by atoms with van der Waals surface area (Å²) >= 11 is 0. The lowest BCUT2D eigenvalue weighted by atomic mass is 9.95. The van der Waals surface area contributed by atoms with Crippen molar-refractivity contribution in [2.45, 2.75) is 38.3 Å². The summed E-state index contributed by atoms with van der Waals surface area (Å²) in [5, 5.41) is 10.6. The topological polar surface area (TPSA) is 40.7 Å². The Hall–Kier alpha value is -0.830. The Balaban J connectivity index is 1.54. The molecule has 0 saturated heterocycles. The molecule has 1 aromatic heterocycles. The van der Waals surface area contributed by atoms with E-state index in [-0.39, 0.29) is 0 Å². The van der Waals surface area contributed by atoms with Crippen LogP contribution in [0, 0.1) is 11.8 Å². The number of rotatable bonds is 3. The summed E-state index contributed by atoms with van der Waals surface area (Å²) in [6.45, 7) is 0.952. The highest BCUT2D eigenvalue weighted by molar-refractivity contribution is 4.99. The van der Waals surface area contributed by atoms with Crippen LogP contribution < -0.4 is 5.32 Å². The molecule has 3 unspecified atom stereocenters. The third-order valence-corrected chi connectivity index (χ3v) is 3.85. The van der Waals surface area contributed by atoms with Crippen molar-refractivity contribution >= 4 is 0 Å². The largest absolute Gasteiger partial charge is 0.308 e. The Morgan fingerprint density at radius 3 is 3.07 bits per heavy atom. The van der Waals surface area contributed by atoms with Crippen LogP contribution in [-0.2, 0) is 6.54 Å². The summed E-state index contributed by atoms with van der Waals surface area (Å²) in [6.07, 6.45) is 7.62. The molecule has 0 radical (unpaired) electrons. The van der Waals surface area contributed by atoms with Crippen molar-refractivity contribution in [3.63, 3.8) is 0 Å². The van der Waals surface area contributed by atoms with Gasteiger partial charge in [0.2, 0.25) is 0 Å². The average molecular weight is 191 g/mol. The van der Waals surface area contributed by atoms with Gasteiger partial charge in [0.15, 0.2) is 0 Å². The Morgan fingerprint density at radius 1 is 1.43 bits per heavy atom. The Bertz CT molecular complexity index is 293. The number of aromatic nitrogens is 2. The van der Waals surface area contributed by atoms with Crippen LogP contribution in [0.4, 0.5) is 0 Å². The van der Waals surface area contributed by atoms with Crippen LogP contribution in [0.5, 0.6) is 0 Å². The molecule has 76 valence electrons. The van der Waals surface area contributed by atoms with Crippen molar-refractivity contribution in [1.29, 1.82) is 0 Å². The van der Waals surface area contributed by atoms with E-state index in [0.29, 0.717) is 0 Å². The number of H-pyrrole nitrogens is 1. The molecule has 2 fully saturated rings. The van der Waals surface area contributed by atoms with Crippen LogP contribution in [0.15, 0.2) is 12.3 Å². The molecule has 2 saturated carbocycles. The van der Waals surface area contributed by atoms with Gasteiger partial charge in [0.25, 0.3) is 0 Å². The van der Waals surface area contributed by atoms with Crippen LogP contribution in [0.1, 0.15) is 31.4 Å². The summed E-state index contributed by atoms with van der Waals surface area (Å²) in [5.41, 5.74) is 1.20. The smallest absolute Gasteiger partial charge is 0.0490 e. The number of nitrogens with one attached hydrogen (secondary N) is 2. The van der Waals surface area contributed by atoms with Gasteiger partial charge < -0.3 is 5.32 Å². The number of aromatic amines is 1. The molecule has 3 rings (SSSR count). The van der Waals surface area contributed by atoms with Gasteiger partial charge in [-0.2, -0.15) is 5.10 Å². The molecule has 0 aromatic carbocycles. The molecule has 2 aliphatic rings. The lowest BCUT2D eigenvalue weighted by Crippen LogP contribution is -2.33. The highest BCUT2D eigenvalue weighted by atomic mass is 15.1. The van der Waals surface area contributed by atoms with E-state index in [2.05, 4.69) is 15.5 Å². The standard InChI is InChI=1S/C11H17N3/c1-2-9-5-8(1)6-11(9)12-7-10-3-4-13-14-10/h3-4,8-9,11-12H,1-2,5-7H2,(H,13,14). The second kappa shape index (κ2) is 3.39. The second-order valence-electron chi connectivity index (χ2n) is 4.74. The van der Waals surface area contributed by atoms with Crippen molar-refractivity contribution in [2.75, 3.05) is 0 Å². The lowest BCUT2D eigenvalue weighted by Gasteiger charge is -2.22. The molecular formula is C11H17N3. The fourth-order valence-corrected chi connectivity index (χ4v) is 3.12. The fraction of sp³-hybridized carbons (Fsp3) is 0.727. The minimum absolute atomic E-state index is 0.775. The van der Waals surface area contributed by atoms with Crippen LogP contribution in [0.3, 0.4) is 0 Å². The SMILES string of the molecule is c1cc(CNC2CC3CCC2C3)[nH]n1. The highest BCUT2D eigenvalue weighted by Gasteiger charge is 2.38. The molecule has 1 heterocycles. The van der Waals surface area contributed by atoms with E-state index in [9.17, 15) is 0 Å². The van der Waals surface area contributed by atoms with Gasteiger partial charge in [-0.1, -0.05) is 6.42 Å². The minimum Gasteiger partial charge on any atom is -0.308 e. The molecule has 3 heteroatoms. The Morgan fingerprint density at radius 2 is 2.43 bits per heavy atom. The Kier molecular flexibility index (Phi) is 2.05. The molecule has 3 nitrogen and oxygen atoms in total. The van der Waals surface area contributed by atoms with Crippen molar-refractivity contribution in [3.05, 3.63) is 18.0 Å². The molecule has 0 spiro atoms.